The molecule has 0 radical (unpaired) electrons. The van der Waals surface area contributed by atoms with E-state index in [1.165, 1.54) is 24.7 Å². The molecule has 1 heterocycles. The van der Waals surface area contributed by atoms with Crippen LogP contribution in [0.3, 0.4) is 0 Å². The summed E-state index contributed by atoms with van der Waals surface area (Å²) in [4.78, 5) is 8.16. The molecule has 0 aliphatic rings. The lowest BCUT2D eigenvalue weighted by Gasteiger charge is -2.14. The van der Waals surface area contributed by atoms with Crippen LogP contribution in [0.15, 0.2) is 18.5 Å². The Morgan fingerprint density at radius 1 is 1.17 bits per heavy atom. The fourth-order valence-corrected chi connectivity index (χ4v) is 2.92. The molecule has 130 valence electrons. The highest BCUT2D eigenvalue weighted by Crippen LogP contribution is 2.30. The molecule has 0 spiro atoms. The van der Waals surface area contributed by atoms with Gasteiger partial charge in [-0.15, -0.1) is 0 Å². The van der Waals surface area contributed by atoms with Gasteiger partial charge in [-0.3, -0.25) is 0 Å². The average molecular weight is 368 g/mol. The minimum absolute atomic E-state index is 0.467. The van der Waals surface area contributed by atoms with Crippen LogP contribution in [-0.4, -0.2) is 23.1 Å². The second-order valence-electron chi connectivity index (χ2n) is 5.72. The third-order valence-electron chi connectivity index (χ3n) is 3.71. The zero-order valence-corrected chi connectivity index (χ0v) is 15.8. The molecule has 0 unspecified atom stereocenters. The van der Waals surface area contributed by atoms with Crippen LogP contribution in [0.4, 0.5) is 5.82 Å². The maximum absolute atomic E-state index is 6.37. The Hall–Kier alpha value is -1.52. The van der Waals surface area contributed by atoms with Crippen LogP contribution in [0.25, 0.3) is 0 Å². The van der Waals surface area contributed by atoms with E-state index in [-0.39, 0.29) is 0 Å². The molecule has 0 atom stereocenters. The SMILES string of the molecule is CCCCc1cc(C)c(OCCNc2ncnc(C)c2Cl)c(Cl)c1. The first-order valence-corrected chi connectivity index (χ1v) is 8.91. The number of rotatable bonds is 8. The fourth-order valence-electron chi connectivity index (χ4n) is 2.41. The lowest BCUT2D eigenvalue weighted by Crippen LogP contribution is -2.13. The van der Waals surface area contributed by atoms with E-state index in [2.05, 4.69) is 28.3 Å². The van der Waals surface area contributed by atoms with Crippen molar-refractivity contribution in [2.24, 2.45) is 0 Å². The van der Waals surface area contributed by atoms with Gasteiger partial charge in [0.2, 0.25) is 0 Å². The maximum atomic E-state index is 6.37. The van der Waals surface area contributed by atoms with Gasteiger partial charge < -0.3 is 10.1 Å². The molecule has 0 amide bonds. The number of nitrogens with zero attached hydrogens (tertiary/aromatic N) is 2. The summed E-state index contributed by atoms with van der Waals surface area (Å²) in [5, 5.41) is 4.35. The third kappa shape index (κ3) is 4.99. The van der Waals surface area contributed by atoms with Gasteiger partial charge in [0, 0.05) is 0 Å². The maximum Gasteiger partial charge on any atom is 0.148 e. The number of hydrogen-bond acceptors (Lipinski definition) is 4. The molecular formula is C18H23Cl2N3O. The zero-order chi connectivity index (χ0) is 17.5. The predicted octanol–water partition coefficient (Wildman–Crippen LogP) is 5.23. The largest absolute Gasteiger partial charge is 0.490 e. The lowest BCUT2D eigenvalue weighted by molar-refractivity contribution is 0.330. The molecule has 0 saturated heterocycles. The molecular weight excluding hydrogens is 345 g/mol. The number of benzene rings is 1. The summed E-state index contributed by atoms with van der Waals surface area (Å²) in [6.45, 7) is 7.09. The molecule has 1 aromatic heterocycles. The van der Waals surface area contributed by atoms with Crippen molar-refractivity contribution >= 4 is 29.0 Å². The van der Waals surface area contributed by atoms with E-state index < -0.39 is 0 Å². The van der Waals surface area contributed by atoms with E-state index in [4.69, 9.17) is 27.9 Å². The van der Waals surface area contributed by atoms with Crippen molar-refractivity contribution in [2.45, 2.75) is 40.0 Å². The van der Waals surface area contributed by atoms with E-state index >= 15 is 0 Å². The number of aryl methyl sites for hydroxylation is 3. The molecule has 4 nitrogen and oxygen atoms in total. The topological polar surface area (TPSA) is 47.0 Å². The number of nitrogens with one attached hydrogen (secondary N) is 1. The van der Waals surface area contributed by atoms with Gasteiger partial charge in [0.1, 0.15) is 29.5 Å². The molecule has 1 aromatic carbocycles. The summed E-state index contributed by atoms with van der Waals surface area (Å²) >= 11 is 12.5. The molecule has 2 rings (SSSR count). The van der Waals surface area contributed by atoms with Gasteiger partial charge in [-0.05, 0) is 43.9 Å². The minimum atomic E-state index is 0.467. The number of aromatic nitrogens is 2. The Kier molecular flexibility index (Phi) is 7.13. The van der Waals surface area contributed by atoms with E-state index in [9.17, 15) is 0 Å². The Labute approximate surface area is 153 Å². The van der Waals surface area contributed by atoms with Gasteiger partial charge >= 0.3 is 0 Å². The van der Waals surface area contributed by atoms with Crippen LogP contribution in [0.1, 0.15) is 36.6 Å². The van der Waals surface area contributed by atoms with Crippen LogP contribution in [-0.2, 0) is 6.42 Å². The summed E-state index contributed by atoms with van der Waals surface area (Å²) in [6.07, 6.45) is 4.87. The van der Waals surface area contributed by atoms with Crippen molar-refractivity contribution in [3.05, 3.63) is 45.3 Å². The predicted molar refractivity (Wildman–Crippen MR) is 101 cm³/mol. The van der Waals surface area contributed by atoms with Crippen LogP contribution in [0.2, 0.25) is 10.0 Å². The smallest absolute Gasteiger partial charge is 0.148 e. The van der Waals surface area contributed by atoms with Gasteiger partial charge in [0.15, 0.2) is 0 Å². The normalized spacial score (nSPS) is 10.7. The number of halogens is 2. The summed E-state index contributed by atoms with van der Waals surface area (Å²) in [5.41, 5.74) is 3.06. The molecule has 0 aliphatic heterocycles. The molecule has 0 fully saturated rings. The number of anilines is 1. The molecule has 0 saturated carbocycles. The van der Waals surface area contributed by atoms with E-state index in [0.29, 0.717) is 29.0 Å². The van der Waals surface area contributed by atoms with Crippen molar-refractivity contribution < 1.29 is 4.74 Å². The molecule has 1 N–H and O–H groups in total. The van der Waals surface area contributed by atoms with Gasteiger partial charge in [-0.1, -0.05) is 42.6 Å². The fraction of sp³-hybridized carbons (Fsp3) is 0.444. The molecule has 0 bridgehead atoms. The number of ether oxygens (including phenoxy) is 1. The van der Waals surface area contributed by atoms with Crippen LogP contribution in [0, 0.1) is 13.8 Å². The number of hydrogen-bond donors (Lipinski definition) is 1. The summed E-state index contributed by atoms with van der Waals surface area (Å²) < 4.78 is 5.84. The summed E-state index contributed by atoms with van der Waals surface area (Å²) in [7, 11) is 0. The zero-order valence-electron chi connectivity index (χ0n) is 14.3. The Morgan fingerprint density at radius 2 is 1.96 bits per heavy atom. The first-order valence-electron chi connectivity index (χ1n) is 8.15. The molecule has 0 aliphatic carbocycles. The van der Waals surface area contributed by atoms with Crippen LogP contribution in [0.5, 0.6) is 5.75 Å². The second kappa shape index (κ2) is 9.09. The third-order valence-corrected chi connectivity index (χ3v) is 4.45. The highest BCUT2D eigenvalue weighted by atomic mass is 35.5. The number of unbranched alkanes of at least 4 members (excludes halogenated alkanes) is 1. The van der Waals surface area contributed by atoms with Gasteiger partial charge in [0.25, 0.3) is 0 Å². The quantitative estimate of drug-likeness (QED) is 0.648. The minimum Gasteiger partial charge on any atom is -0.490 e. The van der Waals surface area contributed by atoms with E-state index in [1.54, 1.807) is 0 Å². The van der Waals surface area contributed by atoms with Crippen molar-refractivity contribution in [3.8, 4) is 5.75 Å². The highest BCUT2D eigenvalue weighted by molar-refractivity contribution is 6.33. The first-order chi connectivity index (χ1) is 11.5. The van der Waals surface area contributed by atoms with Crippen molar-refractivity contribution in [3.63, 3.8) is 0 Å². The van der Waals surface area contributed by atoms with Gasteiger partial charge in [-0.25, -0.2) is 9.97 Å². The van der Waals surface area contributed by atoms with Gasteiger partial charge in [0.05, 0.1) is 17.3 Å². The van der Waals surface area contributed by atoms with Crippen molar-refractivity contribution in [2.75, 3.05) is 18.5 Å². The molecule has 24 heavy (non-hydrogen) atoms. The summed E-state index contributed by atoms with van der Waals surface area (Å²) in [6, 6.07) is 4.15. The Morgan fingerprint density at radius 3 is 2.67 bits per heavy atom. The first kappa shape index (κ1) is 18.8. The highest BCUT2D eigenvalue weighted by Gasteiger charge is 2.09. The monoisotopic (exact) mass is 367 g/mol. The standard InChI is InChI=1S/C18H23Cl2N3O/c1-4-5-6-14-9-12(2)17(15(19)10-14)24-8-7-21-18-16(20)13(3)22-11-23-18/h9-11H,4-8H2,1-3H3,(H,21,22,23). The van der Waals surface area contributed by atoms with Crippen LogP contribution >= 0.6 is 23.2 Å². The van der Waals surface area contributed by atoms with E-state index in [1.807, 2.05) is 19.9 Å². The second-order valence-corrected chi connectivity index (χ2v) is 6.51. The summed E-state index contributed by atoms with van der Waals surface area (Å²) in [5.74, 6) is 1.36. The average Bonchev–Trinajstić information content (AvgIpc) is 2.55. The Balaban J connectivity index is 1.91. The van der Waals surface area contributed by atoms with E-state index in [0.717, 1.165) is 23.4 Å². The lowest BCUT2D eigenvalue weighted by atomic mass is 10.1. The van der Waals surface area contributed by atoms with Crippen molar-refractivity contribution in [1.29, 1.82) is 0 Å². The van der Waals surface area contributed by atoms with Crippen molar-refractivity contribution in [1.82, 2.24) is 9.97 Å². The van der Waals surface area contributed by atoms with Gasteiger partial charge in [-0.2, -0.15) is 0 Å². The molecule has 6 heteroatoms. The van der Waals surface area contributed by atoms with Crippen LogP contribution < -0.4 is 10.1 Å². The molecule has 2 aromatic rings. The Bertz CT molecular complexity index is 669.